The normalized spacial score (nSPS) is 11.4. The van der Waals surface area contributed by atoms with E-state index in [9.17, 15) is 4.79 Å². The zero-order valence-electron chi connectivity index (χ0n) is 11.9. The van der Waals surface area contributed by atoms with Crippen LogP contribution in [0.1, 0.15) is 42.5 Å². The Hall–Kier alpha value is -1.95. The first-order valence-corrected chi connectivity index (χ1v) is 7.09. The third-order valence-corrected chi connectivity index (χ3v) is 3.58. The maximum absolute atomic E-state index is 10.9. The largest absolute Gasteiger partial charge is 0.478 e. The molecule has 0 radical (unpaired) electrons. The van der Waals surface area contributed by atoms with E-state index in [0.717, 1.165) is 10.8 Å². The second-order valence-corrected chi connectivity index (χ2v) is 6.41. The lowest BCUT2D eigenvalue weighted by atomic mass is 9.93. The van der Waals surface area contributed by atoms with Crippen LogP contribution >= 0.6 is 11.3 Å². The summed E-state index contributed by atoms with van der Waals surface area (Å²) in [6.45, 7) is 8.00. The number of nitrogens with one attached hydrogen (secondary N) is 1. The number of hydrogen-bond donors (Lipinski definition) is 2. The highest BCUT2D eigenvalue weighted by Crippen LogP contribution is 2.27. The fourth-order valence-corrected chi connectivity index (χ4v) is 2.59. The predicted molar refractivity (Wildman–Crippen MR) is 80.0 cm³/mol. The van der Waals surface area contributed by atoms with E-state index in [-0.39, 0.29) is 11.0 Å². The van der Waals surface area contributed by atoms with Crippen LogP contribution < -0.4 is 5.32 Å². The minimum absolute atomic E-state index is 0.00689. The quantitative estimate of drug-likeness (QED) is 0.904. The molecular weight excluding hydrogens is 274 g/mol. The summed E-state index contributed by atoms with van der Waals surface area (Å²) in [7, 11) is 0. The van der Waals surface area contributed by atoms with Crippen LogP contribution in [0, 0.1) is 6.92 Å². The van der Waals surface area contributed by atoms with Gasteiger partial charge in [0.1, 0.15) is 5.82 Å². The maximum Gasteiger partial charge on any atom is 0.337 e. The van der Waals surface area contributed by atoms with Gasteiger partial charge in [-0.3, -0.25) is 0 Å². The predicted octanol–water partition coefficient (Wildman–Crippen LogP) is 3.59. The monoisotopic (exact) mass is 291 g/mol. The van der Waals surface area contributed by atoms with Crippen LogP contribution in [0.3, 0.4) is 0 Å². The molecule has 2 heterocycles. The Morgan fingerprint density at radius 3 is 2.50 bits per heavy atom. The number of aromatic carboxylic acids is 1. The van der Waals surface area contributed by atoms with E-state index in [1.165, 1.54) is 11.3 Å². The van der Waals surface area contributed by atoms with Gasteiger partial charge in [-0.05, 0) is 19.1 Å². The van der Waals surface area contributed by atoms with Crippen LogP contribution in [0.4, 0.5) is 10.9 Å². The molecule has 2 aromatic heterocycles. The number of rotatable bonds is 3. The van der Waals surface area contributed by atoms with E-state index in [1.54, 1.807) is 19.1 Å². The first kappa shape index (κ1) is 14.5. The molecule has 0 aromatic carbocycles. The smallest absolute Gasteiger partial charge is 0.337 e. The Kier molecular flexibility index (Phi) is 3.76. The summed E-state index contributed by atoms with van der Waals surface area (Å²) in [6, 6.07) is 3.19. The molecular formula is C14H17N3O2S. The second kappa shape index (κ2) is 5.20. The number of thiazole rings is 1. The van der Waals surface area contributed by atoms with Gasteiger partial charge in [0, 0.05) is 10.8 Å². The van der Waals surface area contributed by atoms with Crippen molar-refractivity contribution in [2.75, 3.05) is 5.32 Å². The number of aryl methyl sites for hydroxylation is 1. The third kappa shape index (κ3) is 3.14. The van der Waals surface area contributed by atoms with Gasteiger partial charge in [0.15, 0.2) is 5.13 Å². The highest BCUT2D eigenvalue weighted by atomic mass is 32.1. The van der Waals surface area contributed by atoms with E-state index in [0.29, 0.717) is 11.5 Å². The molecule has 0 saturated carbocycles. The lowest BCUT2D eigenvalue weighted by Gasteiger charge is -2.14. The zero-order valence-corrected chi connectivity index (χ0v) is 12.7. The van der Waals surface area contributed by atoms with Gasteiger partial charge in [0.25, 0.3) is 0 Å². The molecule has 6 heteroatoms. The number of carboxylic acids is 1. The summed E-state index contributed by atoms with van der Waals surface area (Å²) in [5.41, 5.74) is 1.72. The molecule has 2 rings (SSSR count). The molecule has 0 atom stereocenters. The molecule has 0 amide bonds. The molecule has 2 N–H and O–H groups in total. The summed E-state index contributed by atoms with van der Waals surface area (Å²) >= 11 is 1.51. The van der Waals surface area contributed by atoms with Crippen LogP contribution in [0.2, 0.25) is 0 Å². The zero-order chi connectivity index (χ0) is 14.9. The number of pyridine rings is 1. The first-order chi connectivity index (χ1) is 9.27. The van der Waals surface area contributed by atoms with Gasteiger partial charge in [0.05, 0.1) is 17.0 Å². The Morgan fingerprint density at radius 2 is 2.00 bits per heavy atom. The van der Waals surface area contributed by atoms with Gasteiger partial charge in [-0.1, -0.05) is 20.8 Å². The Morgan fingerprint density at radius 1 is 1.30 bits per heavy atom. The number of aromatic nitrogens is 2. The van der Waals surface area contributed by atoms with Crippen LogP contribution in [0.15, 0.2) is 17.5 Å². The van der Waals surface area contributed by atoms with E-state index in [2.05, 4.69) is 36.1 Å². The summed E-state index contributed by atoms with van der Waals surface area (Å²) in [5, 5.41) is 14.8. The van der Waals surface area contributed by atoms with Crippen molar-refractivity contribution < 1.29 is 9.90 Å². The van der Waals surface area contributed by atoms with Gasteiger partial charge >= 0.3 is 5.97 Å². The summed E-state index contributed by atoms with van der Waals surface area (Å²) in [6.07, 6.45) is 0. The Balaban J connectivity index is 2.20. The molecule has 106 valence electrons. The summed E-state index contributed by atoms with van der Waals surface area (Å²) < 4.78 is 0. The van der Waals surface area contributed by atoms with Crippen molar-refractivity contribution in [1.82, 2.24) is 9.97 Å². The fraction of sp³-hybridized carbons (Fsp3) is 0.357. The van der Waals surface area contributed by atoms with Crippen molar-refractivity contribution in [2.24, 2.45) is 0 Å². The maximum atomic E-state index is 10.9. The molecule has 0 saturated heterocycles. The molecule has 0 aliphatic rings. The highest BCUT2D eigenvalue weighted by Gasteiger charge is 2.17. The van der Waals surface area contributed by atoms with E-state index in [1.807, 2.05) is 5.38 Å². The summed E-state index contributed by atoms with van der Waals surface area (Å²) in [4.78, 5) is 19.7. The van der Waals surface area contributed by atoms with Crippen molar-refractivity contribution in [2.45, 2.75) is 33.1 Å². The topological polar surface area (TPSA) is 75.1 Å². The molecule has 0 unspecified atom stereocenters. The van der Waals surface area contributed by atoms with E-state index in [4.69, 9.17) is 5.11 Å². The third-order valence-electron chi connectivity index (χ3n) is 2.82. The van der Waals surface area contributed by atoms with E-state index < -0.39 is 5.97 Å². The number of carbonyl (C=O) groups is 1. The van der Waals surface area contributed by atoms with Crippen molar-refractivity contribution in [3.63, 3.8) is 0 Å². The number of nitrogens with zero attached hydrogens (tertiary/aromatic N) is 2. The van der Waals surface area contributed by atoms with Crippen molar-refractivity contribution >= 4 is 28.3 Å². The fourth-order valence-electron chi connectivity index (χ4n) is 1.64. The van der Waals surface area contributed by atoms with Gasteiger partial charge in [0.2, 0.25) is 0 Å². The van der Waals surface area contributed by atoms with Gasteiger partial charge in [-0.15, -0.1) is 11.3 Å². The molecule has 0 fully saturated rings. The Bertz CT molecular complexity index is 644. The molecule has 0 bridgehead atoms. The lowest BCUT2D eigenvalue weighted by molar-refractivity contribution is 0.0695. The lowest BCUT2D eigenvalue weighted by Crippen LogP contribution is -2.11. The van der Waals surface area contributed by atoms with Crippen LogP contribution in [0.25, 0.3) is 0 Å². The summed E-state index contributed by atoms with van der Waals surface area (Å²) in [5.74, 6) is -0.367. The number of anilines is 2. The molecule has 5 nitrogen and oxygen atoms in total. The van der Waals surface area contributed by atoms with Crippen LogP contribution in [0.5, 0.6) is 0 Å². The minimum atomic E-state index is -0.967. The average Bonchev–Trinajstić information content (AvgIpc) is 2.76. The van der Waals surface area contributed by atoms with E-state index >= 15 is 0 Å². The molecule has 0 spiro atoms. The number of carboxylic acid groups (broad SMARTS) is 1. The SMILES string of the molecule is Cc1nc(Nc2nc(C(C)(C)C)cs2)ccc1C(=O)O. The van der Waals surface area contributed by atoms with Crippen molar-refractivity contribution in [3.8, 4) is 0 Å². The molecule has 20 heavy (non-hydrogen) atoms. The van der Waals surface area contributed by atoms with Crippen LogP contribution in [-0.2, 0) is 5.41 Å². The average molecular weight is 291 g/mol. The minimum Gasteiger partial charge on any atom is -0.478 e. The molecule has 2 aromatic rings. The van der Waals surface area contributed by atoms with Gasteiger partial charge < -0.3 is 10.4 Å². The van der Waals surface area contributed by atoms with Gasteiger partial charge in [-0.2, -0.15) is 0 Å². The van der Waals surface area contributed by atoms with Gasteiger partial charge in [-0.25, -0.2) is 14.8 Å². The Labute approximate surface area is 121 Å². The highest BCUT2D eigenvalue weighted by molar-refractivity contribution is 7.13. The standard InChI is InChI=1S/C14H17N3O2S/c1-8-9(12(18)19)5-6-11(15-8)17-13-16-10(7-20-13)14(2,3)4/h5-7H,1-4H3,(H,18,19)(H,15,16,17). The van der Waals surface area contributed by atoms with Crippen molar-refractivity contribution in [3.05, 3.63) is 34.5 Å². The van der Waals surface area contributed by atoms with Crippen LogP contribution in [-0.4, -0.2) is 21.0 Å². The second-order valence-electron chi connectivity index (χ2n) is 5.55. The number of hydrogen-bond acceptors (Lipinski definition) is 5. The first-order valence-electron chi connectivity index (χ1n) is 6.21. The molecule has 0 aliphatic carbocycles. The molecule has 0 aliphatic heterocycles. The van der Waals surface area contributed by atoms with Crippen molar-refractivity contribution in [1.29, 1.82) is 0 Å².